The van der Waals surface area contributed by atoms with E-state index in [9.17, 15) is 0 Å². The van der Waals surface area contributed by atoms with Crippen molar-refractivity contribution in [2.45, 2.75) is 51.9 Å². The summed E-state index contributed by atoms with van der Waals surface area (Å²) in [6.45, 7) is 16.0. The Kier molecular flexibility index (Phi) is 8.67. The number of rotatable bonds is 8. The Hall–Kier alpha value is -7.16. The summed E-state index contributed by atoms with van der Waals surface area (Å²) in [7, 11) is 0. The van der Waals surface area contributed by atoms with Crippen LogP contribution in [0.15, 0.2) is 200 Å². The number of nitrogens with zero attached hydrogens (tertiary/aromatic N) is 2. The third-order valence-electron chi connectivity index (χ3n) is 13.9. The molecule has 0 saturated heterocycles. The van der Waals surface area contributed by atoms with Gasteiger partial charge in [-0.2, -0.15) is 0 Å². The van der Waals surface area contributed by atoms with E-state index in [0.29, 0.717) is 0 Å². The zero-order valence-corrected chi connectivity index (χ0v) is 36.2. The van der Waals surface area contributed by atoms with Crippen LogP contribution in [0.25, 0.3) is 54.6 Å². The van der Waals surface area contributed by atoms with Gasteiger partial charge in [-0.15, -0.1) is 0 Å². The van der Waals surface area contributed by atoms with Gasteiger partial charge in [-0.1, -0.05) is 169 Å². The average molecular weight is 799 g/mol. The molecule has 2 heteroatoms. The summed E-state index contributed by atoms with van der Waals surface area (Å²) >= 11 is 0. The summed E-state index contributed by atoms with van der Waals surface area (Å²) in [6, 6.07) is 65.5. The zero-order chi connectivity index (χ0) is 42.3. The van der Waals surface area contributed by atoms with Gasteiger partial charge in [0.1, 0.15) is 0 Å². The van der Waals surface area contributed by atoms with Gasteiger partial charge < -0.3 is 9.80 Å². The van der Waals surface area contributed by atoms with Crippen LogP contribution in [0.3, 0.4) is 0 Å². The van der Waals surface area contributed by atoms with Gasteiger partial charge in [-0.05, 0) is 128 Å². The van der Waals surface area contributed by atoms with E-state index in [2.05, 4.69) is 233 Å². The van der Waals surface area contributed by atoms with Crippen LogP contribution in [0.5, 0.6) is 0 Å². The van der Waals surface area contributed by atoms with Gasteiger partial charge >= 0.3 is 0 Å². The van der Waals surface area contributed by atoms with Crippen LogP contribution in [-0.2, 0) is 10.8 Å². The summed E-state index contributed by atoms with van der Waals surface area (Å²) in [5.74, 6) is 0. The minimum absolute atomic E-state index is 0.226. The second-order valence-corrected chi connectivity index (χ2v) is 18.0. The molecule has 0 bridgehead atoms. The molecular weight excluding hydrogens is 749 g/mol. The van der Waals surface area contributed by atoms with Gasteiger partial charge in [-0.3, -0.25) is 0 Å². The van der Waals surface area contributed by atoms with Crippen molar-refractivity contribution in [2.75, 3.05) is 9.80 Å². The first-order valence-electron chi connectivity index (χ1n) is 22.0. The lowest BCUT2D eigenvalue weighted by Gasteiger charge is -2.30. The van der Waals surface area contributed by atoms with Crippen molar-refractivity contribution in [1.82, 2.24) is 0 Å². The molecule has 2 nitrogen and oxygen atoms in total. The molecule has 300 valence electrons. The van der Waals surface area contributed by atoms with E-state index in [-0.39, 0.29) is 10.8 Å². The van der Waals surface area contributed by atoms with E-state index in [1.54, 1.807) is 0 Å². The van der Waals surface area contributed by atoms with Gasteiger partial charge in [-0.25, -0.2) is 0 Å². The summed E-state index contributed by atoms with van der Waals surface area (Å²) in [5, 5.41) is 7.46. The van der Waals surface area contributed by atoms with E-state index in [0.717, 1.165) is 12.1 Å². The van der Waals surface area contributed by atoms with Crippen molar-refractivity contribution < 1.29 is 0 Å². The highest BCUT2D eigenvalue weighted by atomic mass is 15.2. The van der Waals surface area contributed by atoms with Crippen LogP contribution in [0.1, 0.15) is 63.3 Å². The van der Waals surface area contributed by atoms with E-state index in [1.807, 2.05) is 6.08 Å². The summed E-state index contributed by atoms with van der Waals surface area (Å²) in [6.07, 6.45) is 4.95. The molecule has 0 saturated carbocycles. The Morgan fingerprint density at radius 2 is 1.02 bits per heavy atom. The van der Waals surface area contributed by atoms with Gasteiger partial charge in [0, 0.05) is 44.1 Å². The molecule has 0 fully saturated rings. The minimum atomic E-state index is -0.247. The average Bonchev–Trinajstić information content (AvgIpc) is 3.67. The number of allylic oxidation sites excluding steroid dienone is 3. The Morgan fingerprint density at radius 3 is 1.71 bits per heavy atom. The van der Waals surface area contributed by atoms with Crippen molar-refractivity contribution >= 4 is 60.8 Å². The highest BCUT2D eigenvalue weighted by Gasteiger charge is 2.43. The molecule has 9 aromatic carbocycles. The number of benzene rings is 9. The molecular formula is C60H50N2. The van der Waals surface area contributed by atoms with Gasteiger partial charge in [0.25, 0.3) is 0 Å². The molecule has 9 aromatic rings. The first kappa shape index (κ1) is 37.8. The number of fused-ring (bicyclic) bond motifs is 10. The maximum atomic E-state index is 4.11. The number of anilines is 5. The van der Waals surface area contributed by atoms with Crippen LogP contribution < -0.4 is 9.80 Å². The highest BCUT2D eigenvalue weighted by molar-refractivity contribution is 6.12. The van der Waals surface area contributed by atoms with E-state index >= 15 is 0 Å². The lowest BCUT2D eigenvalue weighted by Crippen LogP contribution is -2.19. The van der Waals surface area contributed by atoms with Crippen LogP contribution in [-0.4, -0.2) is 0 Å². The van der Waals surface area contributed by atoms with Crippen molar-refractivity contribution in [3.05, 3.63) is 223 Å². The van der Waals surface area contributed by atoms with Gasteiger partial charge in [0.05, 0.1) is 17.1 Å². The fraction of sp³-hybridized carbons (Fsp3) is 0.133. The second kappa shape index (κ2) is 14.2. The van der Waals surface area contributed by atoms with E-state index < -0.39 is 0 Å². The van der Waals surface area contributed by atoms with Crippen LogP contribution >= 0.6 is 0 Å². The Balaban J connectivity index is 1.09. The quantitative estimate of drug-likeness (QED) is 0.141. The van der Waals surface area contributed by atoms with Crippen molar-refractivity contribution in [3.63, 3.8) is 0 Å². The number of hydrogen-bond acceptors (Lipinski definition) is 2. The van der Waals surface area contributed by atoms with Crippen LogP contribution in [0, 0.1) is 0 Å². The maximum Gasteiger partial charge on any atom is 0.0543 e. The zero-order valence-electron chi connectivity index (χ0n) is 36.2. The summed E-state index contributed by atoms with van der Waals surface area (Å²) in [5.41, 5.74) is 17.5. The molecule has 0 N–H and O–H groups in total. The molecule has 0 unspecified atom stereocenters. The van der Waals surface area contributed by atoms with Crippen molar-refractivity contribution in [2.24, 2.45) is 0 Å². The second-order valence-electron chi connectivity index (χ2n) is 18.0. The van der Waals surface area contributed by atoms with Crippen LogP contribution in [0.4, 0.5) is 28.4 Å². The predicted molar refractivity (Wildman–Crippen MR) is 266 cm³/mol. The first-order valence-corrected chi connectivity index (χ1v) is 22.0. The third-order valence-corrected chi connectivity index (χ3v) is 13.9. The standard InChI is InChI=1S/C60H50N2/c1-7-20-41(8-2)61(55-31-18-23-39-21-12-14-27-44(39)55)43-33-34-46-49-36-53-50(37-52(49)59(3,4)51(46)35-43)58-48-30-17-16-29-47(48)57(38-54(58)60(53,5)6)62(42-25-10-9-11-26-42)56-32-19-24-40-22-13-15-28-45(40)56/h7,9-38H,1,8H2,2-6H3. The Morgan fingerprint density at radius 1 is 0.468 bits per heavy atom. The fourth-order valence-electron chi connectivity index (χ4n) is 10.8. The normalized spacial score (nSPS) is 14.4. The molecule has 0 radical (unpaired) electrons. The Bertz CT molecular complexity index is 3300. The number of hydrogen-bond donors (Lipinski definition) is 0. The predicted octanol–water partition coefficient (Wildman–Crippen LogP) is 16.8. The largest absolute Gasteiger partial charge is 0.314 e. The van der Waals surface area contributed by atoms with Crippen LogP contribution in [0.2, 0.25) is 0 Å². The molecule has 0 spiro atoms. The third kappa shape index (κ3) is 5.56. The molecule has 0 heterocycles. The molecule has 2 aliphatic rings. The van der Waals surface area contributed by atoms with E-state index in [4.69, 9.17) is 0 Å². The van der Waals surface area contributed by atoms with Crippen molar-refractivity contribution in [1.29, 1.82) is 0 Å². The molecule has 2 aliphatic carbocycles. The maximum absolute atomic E-state index is 4.11. The first-order chi connectivity index (χ1) is 30.2. The molecule has 0 aliphatic heterocycles. The Labute approximate surface area is 365 Å². The smallest absolute Gasteiger partial charge is 0.0543 e. The topological polar surface area (TPSA) is 6.48 Å². The highest BCUT2D eigenvalue weighted by Crippen LogP contribution is 2.59. The molecule has 0 aromatic heterocycles. The summed E-state index contributed by atoms with van der Waals surface area (Å²) < 4.78 is 0. The lowest BCUT2D eigenvalue weighted by molar-refractivity contribution is 0.652. The van der Waals surface area contributed by atoms with Gasteiger partial charge in [0.2, 0.25) is 0 Å². The van der Waals surface area contributed by atoms with Gasteiger partial charge in [0.15, 0.2) is 0 Å². The SMILES string of the molecule is C=CC=C(CC)N(c1ccc2c(c1)C(C)(C)c1cc3c(cc1-2)C(C)(C)c1cc(N(c2ccccc2)c2cccc4ccccc24)c2ccccc2c1-3)c1cccc2ccccc12. The lowest BCUT2D eigenvalue weighted by atomic mass is 9.79. The fourth-order valence-corrected chi connectivity index (χ4v) is 10.8. The molecule has 0 atom stereocenters. The minimum Gasteiger partial charge on any atom is -0.314 e. The number of para-hydroxylation sites is 1. The molecule has 62 heavy (non-hydrogen) atoms. The monoisotopic (exact) mass is 798 g/mol. The molecule has 0 amide bonds. The molecule has 11 rings (SSSR count). The summed E-state index contributed by atoms with van der Waals surface area (Å²) in [4.78, 5) is 4.93. The van der Waals surface area contributed by atoms with E-state index in [1.165, 1.54) is 105 Å². The van der Waals surface area contributed by atoms with Crippen molar-refractivity contribution in [3.8, 4) is 22.3 Å².